The molecule has 3 N–H and O–H groups in total. The molecule has 1 aromatic carbocycles. The van der Waals surface area contributed by atoms with E-state index < -0.39 is 0 Å². The van der Waals surface area contributed by atoms with E-state index >= 15 is 0 Å². The predicted molar refractivity (Wildman–Crippen MR) is 71.2 cm³/mol. The van der Waals surface area contributed by atoms with Crippen LogP contribution in [0.3, 0.4) is 0 Å². The summed E-state index contributed by atoms with van der Waals surface area (Å²) in [5.41, 5.74) is 7.95. The van der Waals surface area contributed by atoms with E-state index in [0.717, 1.165) is 17.8 Å². The van der Waals surface area contributed by atoms with Crippen molar-refractivity contribution < 1.29 is 4.74 Å². The third-order valence-electron chi connectivity index (χ3n) is 1.99. The van der Waals surface area contributed by atoms with Crippen molar-refractivity contribution in [1.82, 2.24) is 0 Å². The second-order valence-corrected chi connectivity index (χ2v) is 4.48. The highest BCUT2D eigenvalue weighted by Crippen LogP contribution is 2.12. The monoisotopic (exact) mass is 244 g/mol. The molecule has 0 atom stereocenters. The van der Waals surface area contributed by atoms with Crippen LogP contribution in [0.1, 0.15) is 19.4 Å². The van der Waals surface area contributed by atoms with Gasteiger partial charge in [-0.1, -0.05) is 12.1 Å². The Morgan fingerprint density at radius 3 is 2.62 bits per heavy atom. The van der Waals surface area contributed by atoms with Gasteiger partial charge in [0, 0.05) is 24.9 Å². The molecule has 0 spiro atoms. The minimum Gasteiger partial charge on any atom is -0.383 e. The maximum atomic E-state index is 5.89. The number of rotatable bonds is 5. The van der Waals surface area contributed by atoms with Crippen molar-refractivity contribution in [3.05, 3.63) is 29.8 Å². The maximum Gasteiger partial charge on any atom is 0.0713 e. The minimum atomic E-state index is -0.197. The number of nitrogens with two attached hydrogens (primary N) is 1. The Morgan fingerprint density at radius 2 is 2.06 bits per heavy atom. The molecule has 16 heavy (non-hydrogen) atoms. The summed E-state index contributed by atoms with van der Waals surface area (Å²) < 4.78 is 5.08. The summed E-state index contributed by atoms with van der Waals surface area (Å²) >= 11 is 0. The Hall–Kier alpha value is -0.770. The fourth-order valence-electron chi connectivity index (χ4n) is 1.27. The first-order valence-corrected chi connectivity index (χ1v) is 5.12. The Morgan fingerprint density at radius 1 is 1.38 bits per heavy atom. The zero-order valence-electron chi connectivity index (χ0n) is 10.1. The van der Waals surface area contributed by atoms with Gasteiger partial charge in [0.1, 0.15) is 0 Å². The molecular weight excluding hydrogens is 224 g/mol. The van der Waals surface area contributed by atoms with Crippen LogP contribution in [0, 0.1) is 0 Å². The van der Waals surface area contributed by atoms with Gasteiger partial charge in [0.15, 0.2) is 0 Å². The second-order valence-electron chi connectivity index (χ2n) is 4.48. The average Bonchev–Trinajstić information content (AvgIpc) is 2.15. The molecule has 0 radical (unpaired) electrons. The molecule has 0 saturated carbocycles. The van der Waals surface area contributed by atoms with Crippen LogP contribution in [0.25, 0.3) is 0 Å². The van der Waals surface area contributed by atoms with Crippen molar-refractivity contribution in [2.75, 3.05) is 19.0 Å². The molecule has 4 heteroatoms. The van der Waals surface area contributed by atoms with Gasteiger partial charge in [-0.2, -0.15) is 0 Å². The van der Waals surface area contributed by atoms with Crippen LogP contribution in [-0.4, -0.2) is 19.2 Å². The Balaban J connectivity index is 0.00000225. The summed E-state index contributed by atoms with van der Waals surface area (Å²) in [6.45, 7) is 5.39. The summed E-state index contributed by atoms with van der Waals surface area (Å²) in [6, 6.07) is 8.17. The van der Waals surface area contributed by atoms with Crippen molar-refractivity contribution >= 4 is 18.1 Å². The van der Waals surface area contributed by atoms with E-state index in [1.54, 1.807) is 7.11 Å². The summed E-state index contributed by atoms with van der Waals surface area (Å²) in [7, 11) is 1.70. The van der Waals surface area contributed by atoms with Crippen LogP contribution in [0.15, 0.2) is 24.3 Å². The number of nitrogens with one attached hydrogen (secondary N) is 1. The molecule has 0 fully saturated rings. The van der Waals surface area contributed by atoms with Gasteiger partial charge in [0.05, 0.1) is 6.61 Å². The Bertz CT molecular complexity index is 310. The van der Waals surface area contributed by atoms with Crippen molar-refractivity contribution in [2.45, 2.75) is 26.0 Å². The minimum absolute atomic E-state index is 0. The molecular formula is C12H21ClN2O. The molecule has 0 bridgehead atoms. The molecule has 0 saturated heterocycles. The van der Waals surface area contributed by atoms with Gasteiger partial charge >= 0.3 is 0 Å². The average molecular weight is 245 g/mol. The van der Waals surface area contributed by atoms with Crippen LogP contribution in [0.2, 0.25) is 0 Å². The number of benzene rings is 1. The highest BCUT2D eigenvalue weighted by atomic mass is 35.5. The third-order valence-corrected chi connectivity index (χ3v) is 1.99. The lowest BCUT2D eigenvalue weighted by Crippen LogP contribution is -2.39. The molecule has 0 unspecified atom stereocenters. The van der Waals surface area contributed by atoms with Gasteiger partial charge in [-0.05, 0) is 31.5 Å². The van der Waals surface area contributed by atoms with Crippen LogP contribution >= 0.6 is 12.4 Å². The molecule has 1 rings (SSSR count). The quantitative estimate of drug-likeness (QED) is 0.836. The molecule has 1 aromatic rings. The first-order chi connectivity index (χ1) is 7.01. The van der Waals surface area contributed by atoms with E-state index in [-0.39, 0.29) is 17.9 Å². The van der Waals surface area contributed by atoms with Crippen molar-refractivity contribution in [1.29, 1.82) is 0 Å². The summed E-state index contributed by atoms with van der Waals surface area (Å²) in [5.74, 6) is 0. The first kappa shape index (κ1) is 15.2. The van der Waals surface area contributed by atoms with Crippen molar-refractivity contribution in [3.63, 3.8) is 0 Å². The zero-order chi connectivity index (χ0) is 11.3. The number of halogens is 1. The lowest BCUT2D eigenvalue weighted by molar-refractivity contribution is 0.185. The standard InChI is InChI=1S/C12H20N2O.ClH/c1-12(2,13)9-14-11-6-4-5-10(7-11)8-15-3;/h4-7,14H,8-9,13H2,1-3H3;1H. The smallest absolute Gasteiger partial charge is 0.0713 e. The van der Waals surface area contributed by atoms with E-state index in [2.05, 4.69) is 11.4 Å². The lowest BCUT2D eigenvalue weighted by Gasteiger charge is -2.20. The van der Waals surface area contributed by atoms with Gasteiger partial charge in [0.25, 0.3) is 0 Å². The maximum absolute atomic E-state index is 5.89. The molecule has 92 valence electrons. The SMILES string of the molecule is COCc1cccc(NCC(C)(C)N)c1.Cl. The van der Waals surface area contributed by atoms with Gasteiger partial charge in [-0.15, -0.1) is 12.4 Å². The van der Waals surface area contributed by atoms with E-state index in [1.807, 2.05) is 32.0 Å². The summed E-state index contributed by atoms with van der Waals surface area (Å²) in [5, 5.41) is 3.30. The van der Waals surface area contributed by atoms with Gasteiger partial charge < -0.3 is 15.8 Å². The first-order valence-electron chi connectivity index (χ1n) is 5.12. The summed E-state index contributed by atoms with van der Waals surface area (Å²) in [6.07, 6.45) is 0. The highest BCUT2D eigenvalue weighted by Gasteiger charge is 2.09. The third kappa shape index (κ3) is 5.95. The van der Waals surface area contributed by atoms with Gasteiger partial charge in [-0.25, -0.2) is 0 Å². The fraction of sp³-hybridized carbons (Fsp3) is 0.500. The topological polar surface area (TPSA) is 47.3 Å². The number of ether oxygens (including phenoxy) is 1. The Kier molecular flexibility index (Phi) is 6.41. The van der Waals surface area contributed by atoms with Crippen LogP contribution < -0.4 is 11.1 Å². The van der Waals surface area contributed by atoms with E-state index in [1.165, 1.54) is 0 Å². The summed E-state index contributed by atoms with van der Waals surface area (Å²) in [4.78, 5) is 0. The highest BCUT2D eigenvalue weighted by molar-refractivity contribution is 5.85. The zero-order valence-corrected chi connectivity index (χ0v) is 10.9. The van der Waals surface area contributed by atoms with E-state index in [0.29, 0.717) is 6.61 Å². The Labute approximate surface area is 104 Å². The molecule has 0 aliphatic carbocycles. The van der Waals surface area contributed by atoms with Crippen LogP contribution in [0.4, 0.5) is 5.69 Å². The lowest BCUT2D eigenvalue weighted by atomic mass is 10.1. The van der Waals surface area contributed by atoms with E-state index in [9.17, 15) is 0 Å². The largest absolute Gasteiger partial charge is 0.383 e. The normalized spacial score (nSPS) is 10.8. The second kappa shape index (κ2) is 6.74. The van der Waals surface area contributed by atoms with Crippen molar-refractivity contribution in [3.8, 4) is 0 Å². The molecule has 0 aliphatic rings. The van der Waals surface area contributed by atoms with Gasteiger partial charge in [0.2, 0.25) is 0 Å². The van der Waals surface area contributed by atoms with Crippen molar-refractivity contribution in [2.24, 2.45) is 5.73 Å². The molecule has 0 aliphatic heterocycles. The molecule has 0 amide bonds. The van der Waals surface area contributed by atoms with Crippen LogP contribution in [-0.2, 0) is 11.3 Å². The van der Waals surface area contributed by atoms with E-state index in [4.69, 9.17) is 10.5 Å². The number of anilines is 1. The molecule has 3 nitrogen and oxygen atoms in total. The number of hydrogen-bond acceptors (Lipinski definition) is 3. The fourth-order valence-corrected chi connectivity index (χ4v) is 1.27. The number of methoxy groups -OCH3 is 1. The number of hydrogen-bond donors (Lipinski definition) is 2. The molecule has 0 aromatic heterocycles. The predicted octanol–water partition coefficient (Wildman–Crippen LogP) is 2.40. The molecule has 0 heterocycles. The van der Waals surface area contributed by atoms with Crippen LogP contribution in [0.5, 0.6) is 0 Å². The van der Waals surface area contributed by atoms with Gasteiger partial charge in [-0.3, -0.25) is 0 Å².